The van der Waals surface area contributed by atoms with Crippen molar-refractivity contribution in [2.45, 2.75) is 45.8 Å². The molecule has 33 heavy (non-hydrogen) atoms. The minimum absolute atomic E-state index is 0.212. The first kappa shape index (κ1) is 22.8. The molecule has 6 heteroatoms. The fraction of sp³-hybridized carbons (Fsp3) is 0.259. The normalized spacial score (nSPS) is 17.0. The fourth-order valence-corrected chi connectivity index (χ4v) is 4.69. The Bertz CT molecular complexity index is 1210. The molecule has 0 saturated carbocycles. The second-order valence-corrected chi connectivity index (χ2v) is 9.95. The summed E-state index contributed by atoms with van der Waals surface area (Å²) in [5.41, 5.74) is 3.21. The SMILES string of the molecule is Cc1ccc2c(c1)C(NC(=O)/C(=C/c1cccs1)NC(=O)c1ccccc1C)CC(C)(C)O2. The molecular formula is C27H28N2O3S. The second kappa shape index (κ2) is 9.24. The van der Waals surface area contributed by atoms with E-state index >= 15 is 0 Å². The van der Waals surface area contributed by atoms with Gasteiger partial charge in [-0.25, -0.2) is 0 Å². The molecule has 170 valence electrons. The third kappa shape index (κ3) is 5.34. The van der Waals surface area contributed by atoms with E-state index in [1.807, 2.05) is 81.6 Å². The molecule has 1 aromatic heterocycles. The lowest BCUT2D eigenvalue weighted by atomic mass is 9.89. The predicted octanol–water partition coefficient (Wildman–Crippen LogP) is 5.55. The van der Waals surface area contributed by atoms with Gasteiger partial charge < -0.3 is 15.4 Å². The fourth-order valence-electron chi connectivity index (χ4n) is 4.03. The van der Waals surface area contributed by atoms with Gasteiger partial charge in [0, 0.05) is 22.4 Å². The van der Waals surface area contributed by atoms with Crippen molar-refractivity contribution in [3.63, 3.8) is 0 Å². The molecule has 2 aromatic carbocycles. The molecule has 0 bridgehead atoms. The molecule has 5 nitrogen and oxygen atoms in total. The van der Waals surface area contributed by atoms with E-state index in [1.54, 1.807) is 12.1 Å². The van der Waals surface area contributed by atoms with Gasteiger partial charge in [0.1, 0.15) is 17.0 Å². The molecule has 2 amide bonds. The molecule has 3 aromatic rings. The van der Waals surface area contributed by atoms with Crippen LogP contribution in [0.15, 0.2) is 65.7 Å². The lowest BCUT2D eigenvalue weighted by Crippen LogP contribution is -2.43. The molecule has 1 aliphatic rings. The van der Waals surface area contributed by atoms with Gasteiger partial charge in [0.25, 0.3) is 11.8 Å². The highest BCUT2D eigenvalue weighted by atomic mass is 32.1. The zero-order valence-electron chi connectivity index (χ0n) is 19.3. The first-order valence-electron chi connectivity index (χ1n) is 10.9. The van der Waals surface area contributed by atoms with Crippen LogP contribution in [-0.4, -0.2) is 17.4 Å². The highest BCUT2D eigenvalue weighted by Gasteiger charge is 2.35. The van der Waals surface area contributed by atoms with Gasteiger partial charge in [-0.15, -0.1) is 11.3 Å². The summed E-state index contributed by atoms with van der Waals surface area (Å²) in [6.07, 6.45) is 2.34. The Morgan fingerprint density at radius 2 is 1.88 bits per heavy atom. The van der Waals surface area contributed by atoms with E-state index in [-0.39, 0.29) is 23.6 Å². The Morgan fingerprint density at radius 1 is 1.09 bits per heavy atom. The Labute approximate surface area is 198 Å². The van der Waals surface area contributed by atoms with Crippen LogP contribution in [0.3, 0.4) is 0 Å². The number of benzene rings is 2. The lowest BCUT2D eigenvalue weighted by Gasteiger charge is -2.38. The summed E-state index contributed by atoms with van der Waals surface area (Å²) in [4.78, 5) is 27.3. The molecule has 0 saturated heterocycles. The van der Waals surface area contributed by atoms with Crippen molar-refractivity contribution < 1.29 is 14.3 Å². The van der Waals surface area contributed by atoms with Gasteiger partial charge >= 0.3 is 0 Å². The number of rotatable bonds is 5. The number of fused-ring (bicyclic) bond motifs is 1. The van der Waals surface area contributed by atoms with Crippen LogP contribution in [0.2, 0.25) is 0 Å². The standard InChI is InChI=1S/C27H28N2O3S/c1-17-11-12-24-21(14-17)23(16-27(3,4)32-24)29-26(31)22(15-19-9-7-13-33-19)28-25(30)20-10-6-5-8-18(20)2/h5-15,23H,16H2,1-4H3,(H,28,30)(H,29,31)/b22-15-. The van der Waals surface area contributed by atoms with Crippen LogP contribution >= 0.6 is 11.3 Å². The van der Waals surface area contributed by atoms with Crippen molar-refractivity contribution in [1.82, 2.24) is 10.6 Å². The molecule has 1 aliphatic heterocycles. The average molecular weight is 461 g/mol. The van der Waals surface area contributed by atoms with Crippen LogP contribution in [0.4, 0.5) is 0 Å². The summed E-state index contributed by atoms with van der Waals surface area (Å²) in [5, 5.41) is 7.92. The quantitative estimate of drug-likeness (QED) is 0.490. The Morgan fingerprint density at radius 3 is 2.61 bits per heavy atom. The molecule has 4 rings (SSSR count). The summed E-state index contributed by atoms with van der Waals surface area (Å²) < 4.78 is 6.13. The number of amides is 2. The smallest absolute Gasteiger partial charge is 0.268 e. The third-order valence-corrected chi connectivity index (χ3v) is 6.46. The average Bonchev–Trinajstić information content (AvgIpc) is 3.26. The Balaban J connectivity index is 1.63. The number of hydrogen-bond donors (Lipinski definition) is 2. The molecule has 1 atom stereocenters. The molecule has 0 fully saturated rings. The monoisotopic (exact) mass is 460 g/mol. The molecule has 2 heterocycles. The maximum Gasteiger partial charge on any atom is 0.268 e. The summed E-state index contributed by atoms with van der Waals surface area (Å²) in [5.74, 6) is 0.130. The number of carbonyl (C=O) groups is 2. The minimum Gasteiger partial charge on any atom is -0.487 e. The lowest BCUT2D eigenvalue weighted by molar-refractivity contribution is -0.119. The van der Waals surface area contributed by atoms with Crippen molar-refractivity contribution in [3.05, 3.63) is 92.8 Å². The predicted molar refractivity (Wildman–Crippen MR) is 132 cm³/mol. The summed E-state index contributed by atoms with van der Waals surface area (Å²) in [6, 6.07) is 16.9. The minimum atomic E-state index is -0.428. The summed E-state index contributed by atoms with van der Waals surface area (Å²) in [7, 11) is 0. The number of nitrogens with one attached hydrogen (secondary N) is 2. The third-order valence-electron chi connectivity index (χ3n) is 5.64. The Kier molecular flexibility index (Phi) is 6.38. The maximum atomic E-state index is 13.5. The van der Waals surface area contributed by atoms with E-state index in [1.165, 1.54) is 11.3 Å². The number of thiophene rings is 1. The summed E-state index contributed by atoms with van der Waals surface area (Å²) >= 11 is 1.50. The van der Waals surface area contributed by atoms with Crippen molar-refractivity contribution in [2.24, 2.45) is 0 Å². The molecule has 0 spiro atoms. The number of ether oxygens (including phenoxy) is 1. The molecule has 0 aliphatic carbocycles. The van der Waals surface area contributed by atoms with Crippen LogP contribution in [0.1, 0.15) is 58.2 Å². The topological polar surface area (TPSA) is 67.4 Å². The van der Waals surface area contributed by atoms with E-state index in [0.29, 0.717) is 12.0 Å². The Hall–Kier alpha value is -3.38. The molecule has 0 radical (unpaired) electrons. The van der Waals surface area contributed by atoms with Gasteiger partial charge in [-0.1, -0.05) is 42.0 Å². The van der Waals surface area contributed by atoms with E-state index in [4.69, 9.17) is 4.74 Å². The van der Waals surface area contributed by atoms with Crippen LogP contribution in [0.25, 0.3) is 6.08 Å². The van der Waals surface area contributed by atoms with Crippen LogP contribution < -0.4 is 15.4 Å². The van der Waals surface area contributed by atoms with E-state index in [2.05, 4.69) is 10.6 Å². The molecular weight excluding hydrogens is 432 g/mol. The first-order chi connectivity index (χ1) is 15.7. The molecule has 2 N–H and O–H groups in total. The van der Waals surface area contributed by atoms with Gasteiger partial charge in [0.05, 0.1) is 6.04 Å². The van der Waals surface area contributed by atoms with Gasteiger partial charge in [0.15, 0.2) is 0 Å². The number of aryl methyl sites for hydroxylation is 2. The van der Waals surface area contributed by atoms with Crippen LogP contribution in [0, 0.1) is 13.8 Å². The summed E-state index contributed by atoms with van der Waals surface area (Å²) in [6.45, 7) is 7.92. The molecule has 1 unspecified atom stereocenters. The van der Waals surface area contributed by atoms with Crippen molar-refractivity contribution in [3.8, 4) is 5.75 Å². The highest BCUT2D eigenvalue weighted by molar-refractivity contribution is 7.10. The van der Waals surface area contributed by atoms with Gasteiger partial charge in [-0.05, 0) is 62.9 Å². The van der Waals surface area contributed by atoms with Crippen LogP contribution in [0.5, 0.6) is 5.75 Å². The van der Waals surface area contributed by atoms with Crippen molar-refractivity contribution in [1.29, 1.82) is 0 Å². The highest BCUT2D eigenvalue weighted by Crippen LogP contribution is 2.40. The van der Waals surface area contributed by atoms with E-state index in [0.717, 1.165) is 27.3 Å². The van der Waals surface area contributed by atoms with Crippen molar-refractivity contribution in [2.75, 3.05) is 0 Å². The van der Waals surface area contributed by atoms with Crippen molar-refractivity contribution >= 4 is 29.2 Å². The number of hydrogen-bond acceptors (Lipinski definition) is 4. The maximum absolute atomic E-state index is 13.5. The van der Waals surface area contributed by atoms with Gasteiger partial charge in [-0.3, -0.25) is 9.59 Å². The van der Waals surface area contributed by atoms with Gasteiger partial charge in [0.2, 0.25) is 0 Å². The largest absolute Gasteiger partial charge is 0.487 e. The van der Waals surface area contributed by atoms with E-state index < -0.39 is 5.60 Å². The first-order valence-corrected chi connectivity index (χ1v) is 11.8. The van der Waals surface area contributed by atoms with Crippen LogP contribution in [-0.2, 0) is 4.79 Å². The zero-order valence-corrected chi connectivity index (χ0v) is 20.1. The van der Waals surface area contributed by atoms with E-state index in [9.17, 15) is 9.59 Å². The number of carbonyl (C=O) groups excluding carboxylic acids is 2. The van der Waals surface area contributed by atoms with Gasteiger partial charge in [-0.2, -0.15) is 0 Å². The zero-order chi connectivity index (χ0) is 23.6. The second-order valence-electron chi connectivity index (χ2n) is 8.98.